The molecule has 21 heavy (non-hydrogen) atoms. The summed E-state index contributed by atoms with van der Waals surface area (Å²) in [5.41, 5.74) is 0.699. The second kappa shape index (κ2) is 5.73. The van der Waals surface area contributed by atoms with Crippen LogP contribution in [0.15, 0.2) is 35.4 Å². The monoisotopic (exact) mass is 302 g/mol. The number of carboxylic acids is 1. The van der Waals surface area contributed by atoms with Gasteiger partial charge in [0, 0.05) is 16.8 Å². The molecule has 0 saturated heterocycles. The van der Waals surface area contributed by atoms with E-state index in [0.29, 0.717) is 23.7 Å². The van der Waals surface area contributed by atoms with Crippen molar-refractivity contribution >= 4 is 17.7 Å². The van der Waals surface area contributed by atoms with Crippen molar-refractivity contribution < 1.29 is 14.6 Å². The van der Waals surface area contributed by atoms with Gasteiger partial charge in [-0.15, -0.1) is 11.8 Å². The Morgan fingerprint density at radius 3 is 3.05 bits per heavy atom. The Hall–Kier alpha value is -2.08. The van der Waals surface area contributed by atoms with Gasteiger partial charge in [-0.3, -0.25) is 0 Å². The van der Waals surface area contributed by atoms with Crippen molar-refractivity contribution in [2.75, 3.05) is 5.75 Å². The standard InChI is InChI=1S/C15H14N2O3S/c1-2-10-9(15(18)19)7-16-14(17-10)12-8-21-13-6-4-3-5-11(13)20-12/h3-7,12H,2,8H2,1H3,(H,18,19). The quantitative estimate of drug-likeness (QED) is 0.939. The summed E-state index contributed by atoms with van der Waals surface area (Å²) in [5, 5.41) is 9.11. The molecule has 2 heterocycles. The van der Waals surface area contributed by atoms with Gasteiger partial charge in [0.15, 0.2) is 11.9 Å². The van der Waals surface area contributed by atoms with E-state index in [4.69, 9.17) is 9.84 Å². The Labute approximate surface area is 126 Å². The molecule has 1 atom stereocenters. The van der Waals surface area contributed by atoms with Crippen LogP contribution >= 0.6 is 11.8 Å². The van der Waals surface area contributed by atoms with Crippen LogP contribution in [0.2, 0.25) is 0 Å². The maximum Gasteiger partial charge on any atom is 0.339 e. The molecule has 3 rings (SSSR count). The Morgan fingerprint density at radius 1 is 1.48 bits per heavy atom. The van der Waals surface area contributed by atoms with Gasteiger partial charge < -0.3 is 9.84 Å². The average molecular weight is 302 g/mol. The summed E-state index contributed by atoms with van der Waals surface area (Å²) in [5.74, 6) is 1.08. The highest BCUT2D eigenvalue weighted by Gasteiger charge is 2.25. The topological polar surface area (TPSA) is 72.3 Å². The summed E-state index contributed by atoms with van der Waals surface area (Å²) >= 11 is 1.69. The third-order valence-corrected chi connectivity index (χ3v) is 4.37. The molecule has 0 radical (unpaired) electrons. The van der Waals surface area contributed by atoms with Gasteiger partial charge in [-0.2, -0.15) is 0 Å². The number of thioether (sulfide) groups is 1. The summed E-state index contributed by atoms with van der Waals surface area (Å²) in [6.45, 7) is 1.88. The SMILES string of the molecule is CCc1nc(C2CSc3ccccc3O2)ncc1C(=O)O. The van der Waals surface area contributed by atoms with Crippen LogP contribution in [0.4, 0.5) is 0 Å². The highest BCUT2D eigenvalue weighted by Crippen LogP contribution is 2.39. The lowest BCUT2D eigenvalue weighted by Gasteiger charge is -2.24. The molecule has 1 N–H and O–H groups in total. The molecule has 0 bridgehead atoms. The molecule has 2 aromatic rings. The minimum Gasteiger partial charge on any atom is -0.480 e. The number of benzene rings is 1. The summed E-state index contributed by atoms with van der Waals surface area (Å²) in [7, 11) is 0. The van der Waals surface area contributed by atoms with E-state index in [1.54, 1.807) is 11.8 Å². The van der Waals surface area contributed by atoms with Crippen molar-refractivity contribution in [2.45, 2.75) is 24.3 Å². The Balaban J connectivity index is 1.90. The zero-order chi connectivity index (χ0) is 14.8. The number of carboxylic acid groups (broad SMARTS) is 1. The van der Waals surface area contributed by atoms with Crippen LogP contribution in [0, 0.1) is 0 Å². The van der Waals surface area contributed by atoms with E-state index >= 15 is 0 Å². The average Bonchev–Trinajstić information content (AvgIpc) is 2.53. The first-order valence-corrected chi connectivity index (χ1v) is 7.65. The highest BCUT2D eigenvalue weighted by atomic mass is 32.2. The Bertz CT molecular complexity index is 690. The first-order chi connectivity index (χ1) is 10.2. The molecule has 1 aromatic heterocycles. The van der Waals surface area contributed by atoms with Gasteiger partial charge in [-0.25, -0.2) is 14.8 Å². The van der Waals surface area contributed by atoms with Crippen LogP contribution in [0.1, 0.15) is 34.9 Å². The minimum atomic E-state index is -0.998. The largest absolute Gasteiger partial charge is 0.480 e. The van der Waals surface area contributed by atoms with E-state index in [0.717, 1.165) is 10.6 Å². The molecular weight excluding hydrogens is 288 g/mol. The van der Waals surface area contributed by atoms with Gasteiger partial charge in [0.1, 0.15) is 5.75 Å². The number of aromatic nitrogens is 2. The molecule has 0 fully saturated rings. The van der Waals surface area contributed by atoms with Crippen LogP contribution in [0.5, 0.6) is 5.75 Å². The highest BCUT2D eigenvalue weighted by molar-refractivity contribution is 7.99. The molecule has 6 heteroatoms. The van der Waals surface area contributed by atoms with Crippen molar-refractivity contribution in [3.63, 3.8) is 0 Å². The van der Waals surface area contributed by atoms with Gasteiger partial charge in [-0.1, -0.05) is 19.1 Å². The lowest BCUT2D eigenvalue weighted by Crippen LogP contribution is -2.19. The fraction of sp³-hybridized carbons (Fsp3) is 0.267. The first kappa shape index (κ1) is 13.9. The minimum absolute atomic E-state index is 0.158. The molecule has 0 aliphatic carbocycles. The fourth-order valence-corrected chi connectivity index (χ4v) is 3.16. The molecule has 0 saturated carbocycles. The number of ether oxygens (including phenoxy) is 1. The molecule has 0 amide bonds. The van der Waals surface area contributed by atoms with Crippen molar-refractivity contribution in [3.8, 4) is 5.75 Å². The number of hydrogen-bond acceptors (Lipinski definition) is 5. The van der Waals surface area contributed by atoms with E-state index in [9.17, 15) is 4.79 Å². The van der Waals surface area contributed by atoms with Crippen LogP contribution in [-0.2, 0) is 6.42 Å². The van der Waals surface area contributed by atoms with E-state index in [1.807, 2.05) is 31.2 Å². The summed E-state index contributed by atoms with van der Waals surface area (Å²) in [6, 6.07) is 7.83. The molecule has 1 unspecified atom stereocenters. The number of hydrogen-bond donors (Lipinski definition) is 1. The first-order valence-electron chi connectivity index (χ1n) is 6.66. The number of aromatic carboxylic acids is 1. The number of para-hydroxylation sites is 1. The second-order valence-electron chi connectivity index (χ2n) is 4.61. The number of carbonyl (C=O) groups is 1. The zero-order valence-electron chi connectivity index (χ0n) is 11.4. The van der Waals surface area contributed by atoms with E-state index < -0.39 is 5.97 Å². The van der Waals surface area contributed by atoms with Crippen molar-refractivity contribution in [2.24, 2.45) is 0 Å². The fourth-order valence-electron chi connectivity index (χ4n) is 2.18. The molecule has 0 spiro atoms. The van der Waals surface area contributed by atoms with Gasteiger partial charge in [0.05, 0.1) is 11.3 Å². The van der Waals surface area contributed by atoms with Crippen molar-refractivity contribution in [3.05, 3.63) is 47.5 Å². The van der Waals surface area contributed by atoms with Crippen molar-refractivity contribution in [1.29, 1.82) is 0 Å². The van der Waals surface area contributed by atoms with Crippen LogP contribution in [-0.4, -0.2) is 26.8 Å². The summed E-state index contributed by atoms with van der Waals surface area (Å²) < 4.78 is 5.92. The Kier molecular flexibility index (Phi) is 3.79. The third kappa shape index (κ3) is 2.71. The molecular formula is C15H14N2O3S. The summed E-state index contributed by atoms with van der Waals surface area (Å²) in [6.07, 6.45) is 1.67. The number of rotatable bonds is 3. The normalized spacial score (nSPS) is 16.9. The number of fused-ring (bicyclic) bond motifs is 1. The lowest BCUT2D eigenvalue weighted by atomic mass is 10.2. The third-order valence-electron chi connectivity index (χ3n) is 3.25. The molecule has 1 aromatic carbocycles. The van der Waals surface area contributed by atoms with Gasteiger partial charge in [0.2, 0.25) is 0 Å². The predicted octanol–water partition coefficient (Wildman–Crippen LogP) is 2.96. The molecule has 108 valence electrons. The van der Waals surface area contributed by atoms with Crippen molar-refractivity contribution in [1.82, 2.24) is 9.97 Å². The Morgan fingerprint density at radius 2 is 2.29 bits per heavy atom. The smallest absolute Gasteiger partial charge is 0.339 e. The lowest BCUT2D eigenvalue weighted by molar-refractivity contribution is 0.0694. The maximum atomic E-state index is 11.1. The maximum absolute atomic E-state index is 11.1. The van der Waals surface area contributed by atoms with Crippen LogP contribution < -0.4 is 4.74 Å². The zero-order valence-corrected chi connectivity index (χ0v) is 12.3. The number of aryl methyl sites for hydroxylation is 1. The van der Waals surface area contributed by atoms with Crippen LogP contribution in [0.3, 0.4) is 0 Å². The van der Waals surface area contributed by atoms with Gasteiger partial charge >= 0.3 is 5.97 Å². The predicted molar refractivity (Wildman–Crippen MR) is 78.9 cm³/mol. The van der Waals surface area contributed by atoms with E-state index in [2.05, 4.69) is 9.97 Å². The second-order valence-corrected chi connectivity index (χ2v) is 5.67. The van der Waals surface area contributed by atoms with E-state index in [1.165, 1.54) is 6.20 Å². The molecule has 5 nitrogen and oxygen atoms in total. The van der Waals surface area contributed by atoms with Crippen LogP contribution in [0.25, 0.3) is 0 Å². The van der Waals surface area contributed by atoms with Gasteiger partial charge in [0.25, 0.3) is 0 Å². The number of nitrogens with zero attached hydrogens (tertiary/aromatic N) is 2. The van der Waals surface area contributed by atoms with E-state index in [-0.39, 0.29) is 11.7 Å². The molecule has 1 aliphatic rings. The summed E-state index contributed by atoms with van der Waals surface area (Å²) in [4.78, 5) is 20.8. The van der Waals surface area contributed by atoms with Gasteiger partial charge in [-0.05, 0) is 18.6 Å². The molecule has 1 aliphatic heterocycles.